The highest BCUT2D eigenvalue weighted by Gasteiger charge is 2.23. The van der Waals surface area contributed by atoms with Crippen LogP contribution in [0, 0.1) is 0 Å². The lowest BCUT2D eigenvalue weighted by Crippen LogP contribution is -2.05. The van der Waals surface area contributed by atoms with Crippen LogP contribution in [0.1, 0.15) is 17.5 Å². The first-order chi connectivity index (χ1) is 14.7. The molecule has 1 N–H and O–H groups in total. The van der Waals surface area contributed by atoms with Crippen molar-refractivity contribution in [2.24, 2.45) is 0 Å². The van der Waals surface area contributed by atoms with Gasteiger partial charge in [0, 0.05) is 13.0 Å². The molecule has 0 amide bonds. The molecular formula is C24H30O6. The van der Waals surface area contributed by atoms with Gasteiger partial charge >= 0.3 is 0 Å². The number of aliphatic hydroxyl groups is 1. The van der Waals surface area contributed by atoms with E-state index < -0.39 is 0 Å². The molecule has 0 aromatic heterocycles. The van der Waals surface area contributed by atoms with Crippen molar-refractivity contribution in [3.05, 3.63) is 59.7 Å². The zero-order chi connectivity index (χ0) is 21.2. The molecule has 0 radical (unpaired) electrons. The average molecular weight is 414 g/mol. The van der Waals surface area contributed by atoms with Crippen LogP contribution < -0.4 is 18.9 Å². The second kappa shape index (κ2) is 11.5. The number of benzene rings is 2. The zero-order valence-electron chi connectivity index (χ0n) is 17.6. The lowest BCUT2D eigenvalue weighted by atomic mass is 10.1. The summed E-state index contributed by atoms with van der Waals surface area (Å²) in [5, 5.41) is 8.87. The summed E-state index contributed by atoms with van der Waals surface area (Å²) < 4.78 is 27.4. The van der Waals surface area contributed by atoms with E-state index in [0.29, 0.717) is 31.1 Å². The Morgan fingerprint density at radius 1 is 0.900 bits per heavy atom. The Labute approximate surface area is 178 Å². The van der Waals surface area contributed by atoms with Crippen molar-refractivity contribution in [1.82, 2.24) is 0 Å². The van der Waals surface area contributed by atoms with E-state index in [0.717, 1.165) is 42.1 Å². The lowest BCUT2D eigenvalue weighted by Gasteiger charge is -2.11. The van der Waals surface area contributed by atoms with Crippen LogP contribution in [0.3, 0.4) is 0 Å². The maximum Gasteiger partial charge on any atom is 0.161 e. The van der Waals surface area contributed by atoms with Gasteiger partial charge < -0.3 is 28.8 Å². The predicted octanol–water partition coefficient (Wildman–Crippen LogP) is 3.58. The van der Waals surface area contributed by atoms with Gasteiger partial charge in [-0.1, -0.05) is 24.3 Å². The van der Waals surface area contributed by atoms with Gasteiger partial charge in [0.25, 0.3) is 0 Å². The van der Waals surface area contributed by atoms with Crippen molar-refractivity contribution in [2.45, 2.75) is 25.4 Å². The molecule has 1 fully saturated rings. The summed E-state index contributed by atoms with van der Waals surface area (Å²) in [7, 11) is 3.28. The molecular weight excluding hydrogens is 384 g/mol. The number of ether oxygens (including phenoxy) is 5. The van der Waals surface area contributed by atoms with Crippen LogP contribution in [0.25, 0.3) is 0 Å². The molecule has 30 heavy (non-hydrogen) atoms. The molecule has 6 nitrogen and oxygen atoms in total. The van der Waals surface area contributed by atoms with Crippen LogP contribution in [-0.4, -0.2) is 51.9 Å². The van der Waals surface area contributed by atoms with Crippen LogP contribution in [-0.2, 0) is 17.6 Å². The van der Waals surface area contributed by atoms with Gasteiger partial charge in [-0.15, -0.1) is 0 Å². The summed E-state index contributed by atoms with van der Waals surface area (Å²) in [6, 6.07) is 11.9. The molecule has 1 atom stereocenters. The van der Waals surface area contributed by atoms with E-state index in [1.165, 1.54) is 0 Å². The number of aliphatic hydroxyl groups excluding tert-OH is 1. The van der Waals surface area contributed by atoms with Gasteiger partial charge in [0.1, 0.15) is 12.7 Å². The lowest BCUT2D eigenvalue weighted by molar-refractivity contribution is 0.228. The summed E-state index contributed by atoms with van der Waals surface area (Å²) in [5.74, 6) is 2.88. The fourth-order valence-corrected chi connectivity index (χ4v) is 2.95. The summed E-state index contributed by atoms with van der Waals surface area (Å²) in [5.41, 5.74) is 2.30. The van der Waals surface area contributed by atoms with Crippen LogP contribution >= 0.6 is 0 Å². The minimum Gasteiger partial charge on any atom is -0.493 e. The first-order valence-electron chi connectivity index (χ1n) is 10.2. The molecule has 1 heterocycles. The molecule has 0 aliphatic carbocycles. The molecule has 1 aliphatic heterocycles. The highest BCUT2D eigenvalue weighted by molar-refractivity contribution is 5.44. The molecule has 6 heteroatoms. The van der Waals surface area contributed by atoms with Crippen LogP contribution in [0.4, 0.5) is 0 Å². The maximum absolute atomic E-state index is 8.87. The SMILES string of the molecule is COc1cc(CC=CCc2ccc(OCC3CO3)c(OC)c2)ccc1OCCCO. The van der Waals surface area contributed by atoms with Crippen LogP contribution in [0.5, 0.6) is 23.0 Å². The van der Waals surface area contributed by atoms with Crippen molar-refractivity contribution < 1.29 is 28.8 Å². The third-order valence-corrected chi connectivity index (χ3v) is 4.72. The standard InChI is InChI=1S/C24H30O6/c1-26-23-14-18(8-10-21(23)28-13-5-12-25)6-3-4-7-19-9-11-22(24(15-19)27-2)30-17-20-16-29-20/h3-4,8-11,14-15,20,25H,5-7,12-13,16-17H2,1-2H3. The van der Waals surface area contributed by atoms with Gasteiger partial charge in [-0.05, 0) is 48.2 Å². The number of methoxy groups -OCH3 is 2. The molecule has 1 unspecified atom stereocenters. The summed E-state index contributed by atoms with van der Waals surface area (Å²) >= 11 is 0. The van der Waals surface area contributed by atoms with Crippen molar-refractivity contribution in [1.29, 1.82) is 0 Å². The minimum atomic E-state index is 0.113. The van der Waals surface area contributed by atoms with E-state index in [1.807, 2.05) is 30.3 Å². The van der Waals surface area contributed by atoms with Crippen LogP contribution in [0.2, 0.25) is 0 Å². The quantitative estimate of drug-likeness (QED) is 0.307. The molecule has 0 saturated carbocycles. The molecule has 0 spiro atoms. The smallest absolute Gasteiger partial charge is 0.161 e. The molecule has 0 bridgehead atoms. The molecule has 2 aromatic carbocycles. The Hall–Kier alpha value is -2.70. The fraction of sp³-hybridized carbons (Fsp3) is 0.417. The number of allylic oxidation sites excluding steroid dienone is 2. The van der Waals surface area contributed by atoms with Crippen molar-refractivity contribution in [2.75, 3.05) is 40.6 Å². The molecule has 1 aliphatic rings. The van der Waals surface area contributed by atoms with Crippen molar-refractivity contribution in [3.63, 3.8) is 0 Å². The number of rotatable bonds is 13. The normalized spacial score (nSPS) is 15.2. The molecule has 1 saturated heterocycles. The van der Waals surface area contributed by atoms with E-state index in [4.69, 9.17) is 28.8 Å². The van der Waals surface area contributed by atoms with E-state index in [1.54, 1.807) is 14.2 Å². The number of hydrogen-bond donors (Lipinski definition) is 1. The van der Waals surface area contributed by atoms with E-state index >= 15 is 0 Å². The Bertz CT molecular complexity index is 828. The first kappa shape index (κ1) is 22.0. The first-order valence-corrected chi connectivity index (χ1v) is 10.2. The second-order valence-electron chi connectivity index (χ2n) is 7.04. The molecule has 162 valence electrons. The molecule has 3 rings (SSSR count). The molecule has 2 aromatic rings. The second-order valence-corrected chi connectivity index (χ2v) is 7.04. The fourth-order valence-electron chi connectivity index (χ4n) is 2.95. The largest absolute Gasteiger partial charge is 0.493 e. The van der Waals surface area contributed by atoms with Gasteiger partial charge in [0.05, 0.1) is 27.4 Å². The van der Waals surface area contributed by atoms with Crippen LogP contribution in [0.15, 0.2) is 48.6 Å². The van der Waals surface area contributed by atoms with Crippen molar-refractivity contribution >= 4 is 0 Å². The van der Waals surface area contributed by atoms with E-state index in [9.17, 15) is 0 Å². The number of epoxide rings is 1. The van der Waals surface area contributed by atoms with Gasteiger partial charge in [0.2, 0.25) is 0 Å². The van der Waals surface area contributed by atoms with Gasteiger partial charge in [-0.2, -0.15) is 0 Å². The minimum absolute atomic E-state index is 0.113. The Balaban J connectivity index is 1.52. The van der Waals surface area contributed by atoms with Crippen molar-refractivity contribution in [3.8, 4) is 23.0 Å². The Morgan fingerprint density at radius 3 is 1.97 bits per heavy atom. The predicted molar refractivity (Wildman–Crippen MR) is 115 cm³/mol. The van der Waals surface area contributed by atoms with Gasteiger partial charge in [-0.25, -0.2) is 0 Å². The summed E-state index contributed by atoms with van der Waals surface area (Å²) in [6.45, 7) is 1.91. The van der Waals surface area contributed by atoms with Gasteiger partial charge in [0.15, 0.2) is 23.0 Å². The average Bonchev–Trinajstić information content (AvgIpc) is 3.61. The number of hydrogen-bond acceptors (Lipinski definition) is 6. The zero-order valence-corrected chi connectivity index (χ0v) is 17.6. The third-order valence-electron chi connectivity index (χ3n) is 4.72. The topological polar surface area (TPSA) is 69.7 Å². The highest BCUT2D eigenvalue weighted by Crippen LogP contribution is 2.30. The summed E-state index contributed by atoms with van der Waals surface area (Å²) in [4.78, 5) is 0. The Kier molecular flexibility index (Phi) is 8.41. The van der Waals surface area contributed by atoms with Gasteiger partial charge in [-0.3, -0.25) is 0 Å². The van der Waals surface area contributed by atoms with E-state index in [2.05, 4.69) is 18.2 Å². The third kappa shape index (κ3) is 6.68. The monoisotopic (exact) mass is 414 g/mol. The summed E-state index contributed by atoms with van der Waals surface area (Å²) in [6.07, 6.45) is 6.71. The Morgan fingerprint density at radius 2 is 1.47 bits per heavy atom. The van der Waals surface area contributed by atoms with E-state index in [-0.39, 0.29) is 12.7 Å². The maximum atomic E-state index is 8.87. The highest BCUT2D eigenvalue weighted by atomic mass is 16.6.